The predicted octanol–water partition coefficient (Wildman–Crippen LogP) is 2.58. The number of hydrogen-bond acceptors (Lipinski definition) is 3. The van der Waals surface area contributed by atoms with Gasteiger partial charge in [-0.1, -0.05) is 13.3 Å². The highest BCUT2D eigenvalue weighted by molar-refractivity contribution is 7.99. The minimum atomic E-state index is 0.377. The van der Waals surface area contributed by atoms with E-state index in [1.165, 1.54) is 56.8 Å². The molecule has 1 heterocycles. The SMILES string of the molecule is CC(N)CCCC(C)CN1CCCSCC1. The van der Waals surface area contributed by atoms with Crippen LogP contribution < -0.4 is 5.73 Å². The van der Waals surface area contributed by atoms with Gasteiger partial charge in [0.1, 0.15) is 0 Å². The Kier molecular flexibility index (Phi) is 7.50. The van der Waals surface area contributed by atoms with Crippen molar-refractivity contribution >= 4 is 11.8 Å². The van der Waals surface area contributed by atoms with Gasteiger partial charge in [-0.2, -0.15) is 11.8 Å². The molecule has 0 amide bonds. The summed E-state index contributed by atoms with van der Waals surface area (Å²) in [5, 5.41) is 0. The molecule has 1 aliphatic heterocycles. The van der Waals surface area contributed by atoms with Crippen LogP contribution in [-0.4, -0.2) is 42.1 Å². The highest BCUT2D eigenvalue weighted by Gasteiger charge is 2.12. The normalized spacial score (nSPS) is 22.7. The molecule has 1 aliphatic rings. The third-order valence-electron chi connectivity index (χ3n) is 3.24. The molecule has 2 atom stereocenters. The van der Waals surface area contributed by atoms with Crippen molar-refractivity contribution < 1.29 is 0 Å². The molecule has 2 nitrogen and oxygen atoms in total. The fraction of sp³-hybridized carbons (Fsp3) is 1.00. The van der Waals surface area contributed by atoms with Crippen LogP contribution in [0.15, 0.2) is 0 Å². The Morgan fingerprint density at radius 1 is 1.19 bits per heavy atom. The summed E-state index contributed by atoms with van der Waals surface area (Å²) in [5.74, 6) is 3.52. The van der Waals surface area contributed by atoms with Gasteiger partial charge in [0.25, 0.3) is 0 Å². The highest BCUT2D eigenvalue weighted by Crippen LogP contribution is 2.14. The lowest BCUT2D eigenvalue weighted by atomic mass is 10.0. The fourth-order valence-electron chi connectivity index (χ4n) is 2.30. The Labute approximate surface area is 105 Å². The van der Waals surface area contributed by atoms with E-state index in [-0.39, 0.29) is 0 Å². The molecule has 1 fully saturated rings. The molecule has 2 N–H and O–H groups in total. The van der Waals surface area contributed by atoms with Crippen LogP contribution in [0.3, 0.4) is 0 Å². The second kappa shape index (κ2) is 8.37. The summed E-state index contributed by atoms with van der Waals surface area (Å²) in [4.78, 5) is 2.65. The second-order valence-electron chi connectivity index (χ2n) is 5.28. The van der Waals surface area contributed by atoms with Gasteiger partial charge in [-0.05, 0) is 44.4 Å². The largest absolute Gasteiger partial charge is 0.328 e. The minimum absolute atomic E-state index is 0.377. The van der Waals surface area contributed by atoms with Crippen LogP contribution in [0.25, 0.3) is 0 Å². The molecule has 0 bridgehead atoms. The lowest BCUT2D eigenvalue weighted by Crippen LogP contribution is -2.30. The van der Waals surface area contributed by atoms with Gasteiger partial charge in [-0.15, -0.1) is 0 Å². The lowest BCUT2D eigenvalue weighted by Gasteiger charge is -2.23. The zero-order valence-electron chi connectivity index (χ0n) is 11.0. The Hall–Kier alpha value is 0.270. The van der Waals surface area contributed by atoms with Crippen molar-refractivity contribution in [3.8, 4) is 0 Å². The molecular formula is C13H28N2S. The average Bonchev–Trinajstić information content (AvgIpc) is 2.45. The van der Waals surface area contributed by atoms with Crippen LogP contribution in [0.5, 0.6) is 0 Å². The fourth-order valence-corrected chi connectivity index (χ4v) is 3.23. The van der Waals surface area contributed by atoms with Gasteiger partial charge < -0.3 is 10.6 Å². The van der Waals surface area contributed by atoms with E-state index in [0.717, 1.165) is 5.92 Å². The third kappa shape index (κ3) is 6.77. The van der Waals surface area contributed by atoms with Crippen LogP contribution in [0.4, 0.5) is 0 Å². The van der Waals surface area contributed by atoms with Gasteiger partial charge >= 0.3 is 0 Å². The van der Waals surface area contributed by atoms with Crippen LogP contribution in [0.1, 0.15) is 39.5 Å². The molecule has 0 radical (unpaired) electrons. The van der Waals surface area contributed by atoms with Gasteiger partial charge in [0.2, 0.25) is 0 Å². The molecule has 0 saturated carbocycles. The molecule has 0 aliphatic carbocycles. The van der Waals surface area contributed by atoms with E-state index in [9.17, 15) is 0 Å². The summed E-state index contributed by atoms with van der Waals surface area (Å²) in [6.07, 6.45) is 5.18. The summed E-state index contributed by atoms with van der Waals surface area (Å²) in [7, 11) is 0. The summed E-state index contributed by atoms with van der Waals surface area (Å²) in [5.41, 5.74) is 5.77. The molecule has 0 aromatic heterocycles. The van der Waals surface area contributed by atoms with Crippen molar-refractivity contribution in [3.63, 3.8) is 0 Å². The monoisotopic (exact) mass is 244 g/mol. The van der Waals surface area contributed by atoms with Crippen molar-refractivity contribution in [1.82, 2.24) is 4.90 Å². The molecule has 1 rings (SSSR count). The standard InChI is InChI=1S/C13H28N2S/c1-12(5-3-6-13(2)14)11-15-7-4-9-16-10-8-15/h12-13H,3-11,14H2,1-2H3. The molecule has 16 heavy (non-hydrogen) atoms. The minimum Gasteiger partial charge on any atom is -0.328 e. The maximum absolute atomic E-state index is 5.77. The van der Waals surface area contributed by atoms with Gasteiger partial charge in [-0.25, -0.2) is 0 Å². The Bertz CT molecular complexity index is 165. The quantitative estimate of drug-likeness (QED) is 0.779. The first-order valence-electron chi connectivity index (χ1n) is 6.74. The summed E-state index contributed by atoms with van der Waals surface area (Å²) >= 11 is 2.11. The first-order valence-corrected chi connectivity index (χ1v) is 7.89. The maximum Gasteiger partial charge on any atom is 0.00725 e. The van der Waals surface area contributed by atoms with Crippen molar-refractivity contribution in [1.29, 1.82) is 0 Å². The molecule has 96 valence electrons. The van der Waals surface area contributed by atoms with Gasteiger partial charge in [-0.3, -0.25) is 0 Å². The second-order valence-corrected chi connectivity index (χ2v) is 6.50. The van der Waals surface area contributed by atoms with Crippen molar-refractivity contribution in [2.45, 2.75) is 45.6 Å². The van der Waals surface area contributed by atoms with Gasteiger partial charge in [0, 0.05) is 24.9 Å². The smallest absolute Gasteiger partial charge is 0.00725 e. The van der Waals surface area contributed by atoms with Crippen molar-refractivity contribution in [3.05, 3.63) is 0 Å². The first kappa shape index (κ1) is 14.3. The number of hydrogen-bond donors (Lipinski definition) is 1. The highest BCUT2D eigenvalue weighted by atomic mass is 32.2. The Balaban J connectivity index is 2.09. The number of thioether (sulfide) groups is 1. The molecule has 0 aromatic rings. The van der Waals surface area contributed by atoms with Crippen LogP contribution in [0.2, 0.25) is 0 Å². The first-order chi connectivity index (χ1) is 7.68. The van der Waals surface area contributed by atoms with E-state index >= 15 is 0 Å². The molecule has 3 heteroatoms. The zero-order valence-corrected chi connectivity index (χ0v) is 11.8. The molecular weight excluding hydrogens is 216 g/mol. The number of nitrogens with two attached hydrogens (primary N) is 1. The van der Waals surface area contributed by atoms with Crippen LogP contribution in [0, 0.1) is 5.92 Å². The predicted molar refractivity (Wildman–Crippen MR) is 75.0 cm³/mol. The Morgan fingerprint density at radius 3 is 2.75 bits per heavy atom. The summed E-state index contributed by atoms with van der Waals surface area (Å²) < 4.78 is 0. The maximum atomic E-state index is 5.77. The third-order valence-corrected chi connectivity index (χ3v) is 4.29. The number of rotatable bonds is 6. The lowest BCUT2D eigenvalue weighted by molar-refractivity contribution is 0.245. The van der Waals surface area contributed by atoms with Crippen LogP contribution >= 0.6 is 11.8 Å². The van der Waals surface area contributed by atoms with E-state index in [0.29, 0.717) is 6.04 Å². The molecule has 1 saturated heterocycles. The zero-order chi connectivity index (χ0) is 11.8. The van der Waals surface area contributed by atoms with E-state index in [1.54, 1.807) is 0 Å². The summed E-state index contributed by atoms with van der Waals surface area (Å²) in [6, 6.07) is 0.377. The van der Waals surface area contributed by atoms with Crippen LogP contribution in [-0.2, 0) is 0 Å². The Morgan fingerprint density at radius 2 is 2.00 bits per heavy atom. The molecule has 0 spiro atoms. The number of nitrogens with zero attached hydrogens (tertiary/aromatic N) is 1. The van der Waals surface area contributed by atoms with E-state index in [2.05, 4.69) is 30.5 Å². The van der Waals surface area contributed by atoms with E-state index in [1.807, 2.05) is 0 Å². The molecule has 2 unspecified atom stereocenters. The topological polar surface area (TPSA) is 29.3 Å². The van der Waals surface area contributed by atoms with Gasteiger partial charge in [0.05, 0.1) is 0 Å². The molecule has 0 aromatic carbocycles. The van der Waals surface area contributed by atoms with Gasteiger partial charge in [0.15, 0.2) is 0 Å². The van der Waals surface area contributed by atoms with Crippen molar-refractivity contribution in [2.75, 3.05) is 31.1 Å². The van der Waals surface area contributed by atoms with Crippen molar-refractivity contribution in [2.24, 2.45) is 11.7 Å². The van der Waals surface area contributed by atoms with E-state index < -0.39 is 0 Å². The average molecular weight is 244 g/mol. The van der Waals surface area contributed by atoms with E-state index in [4.69, 9.17) is 5.73 Å². The summed E-state index contributed by atoms with van der Waals surface area (Å²) in [6.45, 7) is 8.39.